The number of ether oxygens (including phenoxy) is 1. The quantitative estimate of drug-likeness (QED) is 0.268. The standard InChI is InChI=1S/C19H29N2O2/c1-2-3-4-5-6-7-8-9-10-13-16-23-19(22)17-14-11-12-15-18(17)21-20/h11-12,14-15H,2-10,13,16H2,1H3. The van der Waals surface area contributed by atoms with Gasteiger partial charge in [-0.15, -0.1) is 5.11 Å². The highest BCUT2D eigenvalue weighted by Gasteiger charge is 2.11. The van der Waals surface area contributed by atoms with E-state index < -0.39 is 5.97 Å². The van der Waals surface area contributed by atoms with Crippen LogP contribution in [0.25, 0.3) is 0 Å². The molecule has 1 rings (SSSR count). The molecular weight excluding hydrogens is 288 g/mol. The molecule has 0 N–H and O–H groups in total. The molecule has 0 fully saturated rings. The summed E-state index contributed by atoms with van der Waals surface area (Å²) in [5, 5.41) is 3.10. The van der Waals surface area contributed by atoms with Crippen LogP contribution in [0.1, 0.15) is 81.5 Å². The molecule has 0 amide bonds. The summed E-state index contributed by atoms with van der Waals surface area (Å²) < 4.78 is 5.23. The molecule has 1 aromatic carbocycles. The molecule has 0 aliphatic carbocycles. The minimum Gasteiger partial charge on any atom is -0.462 e. The van der Waals surface area contributed by atoms with Crippen molar-refractivity contribution in [1.29, 1.82) is 0 Å². The van der Waals surface area contributed by atoms with E-state index in [0.717, 1.165) is 12.8 Å². The van der Waals surface area contributed by atoms with Gasteiger partial charge in [-0.25, -0.2) is 4.79 Å². The van der Waals surface area contributed by atoms with Crippen LogP contribution >= 0.6 is 0 Å². The molecule has 127 valence electrons. The van der Waals surface area contributed by atoms with Gasteiger partial charge in [0.05, 0.1) is 12.2 Å². The van der Waals surface area contributed by atoms with Crippen molar-refractivity contribution in [3.8, 4) is 0 Å². The van der Waals surface area contributed by atoms with Crippen molar-refractivity contribution in [2.45, 2.75) is 71.1 Å². The number of benzene rings is 1. The number of rotatable bonds is 13. The fourth-order valence-corrected chi connectivity index (χ4v) is 2.57. The van der Waals surface area contributed by atoms with Gasteiger partial charge in [0.15, 0.2) is 0 Å². The van der Waals surface area contributed by atoms with Crippen molar-refractivity contribution < 1.29 is 9.53 Å². The van der Waals surface area contributed by atoms with Crippen LogP contribution < -0.4 is 5.53 Å². The summed E-state index contributed by atoms with van der Waals surface area (Å²) in [5.74, 6) is -0.422. The number of carbonyl (C=O) groups excluding carboxylic acids is 1. The van der Waals surface area contributed by atoms with Crippen LogP contribution in [0.4, 0.5) is 5.69 Å². The van der Waals surface area contributed by atoms with E-state index in [-0.39, 0.29) is 5.69 Å². The maximum atomic E-state index is 11.9. The summed E-state index contributed by atoms with van der Waals surface area (Å²) in [7, 11) is 0. The van der Waals surface area contributed by atoms with Crippen LogP contribution in [-0.2, 0) is 4.74 Å². The highest BCUT2D eigenvalue weighted by Crippen LogP contribution is 2.18. The van der Waals surface area contributed by atoms with E-state index in [4.69, 9.17) is 10.3 Å². The molecule has 0 saturated carbocycles. The molecule has 0 spiro atoms. The number of unbranched alkanes of at least 4 members (excludes halogenated alkanes) is 9. The molecule has 0 unspecified atom stereocenters. The lowest BCUT2D eigenvalue weighted by atomic mass is 10.1. The predicted octanol–water partition coefficient (Wildman–Crippen LogP) is 5.65. The molecule has 0 atom stereocenters. The zero-order valence-corrected chi connectivity index (χ0v) is 14.3. The van der Waals surface area contributed by atoms with Crippen LogP contribution in [0.3, 0.4) is 0 Å². The third-order valence-electron chi connectivity index (χ3n) is 3.96. The van der Waals surface area contributed by atoms with Gasteiger partial charge < -0.3 is 4.74 Å². The average Bonchev–Trinajstić information content (AvgIpc) is 2.59. The molecule has 23 heavy (non-hydrogen) atoms. The summed E-state index contributed by atoms with van der Waals surface area (Å²) in [6.45, 7) is 2.67. The first-order valence-corrected chi connectivity index (χ1v) is 8.90. The Bertz CT molecular complexity index is 460. The van der Waals surface area contributed by atoms with Crippen molar-refractivity contribution in [3.05, 3.63) is 29.8 Å². The Morgan fingerprint density at radius 2 is 1.52 bits per heavy atom. The van der Waals surface area contributed by atoms with Gasteiger partial charge in [-0.3, -0.25) is 0 Å². The van der Waals surface area contributed by atoms with Crippen LogP contribution in [0.15, 0.2) is 29.4 Å². The van der Waals surface area contributed by atoms with E-state index in [2.05, 4.69) is 12.0 Å². The lowest BCUT2D eigenvalue weighted by molar-refractivity contribution is 0.0498. The van der Waals surface area contributed by atoms with Gasteiger partial charge in [-0.2, -0.15) is 0 Å². The Balaban J connectivity index is 2.02. The van der Waals surface area contributed by atoms with Gasteiger partial charge in [0.2, 0.25) is 0 Å². The number of hydrogen-bond acceptors (Lipinski definition) is 3. The number of carbonyl (C=O) groups is 1. The van der Waals surface area contributed by atoms with Crippen LogP contribution in [0, 0.1) is 0 Å². The zero-order valence-electron chi connectivity index (χ0n) is 14.3. The third-order valence-corrected chi connectivity index (χ3v) is 3.96. The first kappa shape index (κ1) is 19.3. The minimum atomic E-state index is -0.422. The van der Waals surface area contributed by atoms with Crippen molar-refractivity contribution >= 4 is 11.7 Å². The summed E-state index contributed by atoms with van der Waals surface area (Å²) in [6, 6.07) is 6.63. The summed E-state index contributed by atoms with van der Waals surface area (Å²) in [6.07, 6.45) is 12.5. The first-order valence-electron chi connectivity index (χ1n) is 8.90. The topological polar surface area (TPSA) is 61.0 Å². The average molecular weight is 317 g/mol. The SMILES string of the molecule is CCCCCCCCCCCCOC(=O)c1ccccc1N=[N]. The van der Waals surface area contributed by atoms with Gasteiger partial charge in [-0.1, -0.05) is 76.8 Å². The van der Waals surface area contributed by atoms with Crippen molar-refractivity contribution in [1.82, 2.24) is 5.53 Å². The molecule has 4 nitrogen and oxygen atoms in total. The van der Waals surface area contributed by atoms with E-state index in [1.165, 1.54) is 51.4 Å². The molecule has 0 aromatic heterocycles. The minimum absolute atomic E-state index is 0.251. The summed E-state index contributed by atoms with van der Waals surface area (Å²) >= 11 is 0. The van der Waals surface area contributed by atoms with Gasteiger partial charge in [0, 0.05) is 0 Å². The lowest BCUT2D eigenvalue weighted by Crippen LogP contribution is -2.06. The van der Waals surface area contributed by atoms with Crippen molar-refractivity contribution in [3.63, 3.8) is 0 Å². The lowest BCUT2D eigenvalue weighted by Gasteiger charge is -2.06. The Labute approximate surface area is 140 Å². The van der Waals surface area contributed by atoms with Gasteiger partial charge in [-0.05, 0) is 24.1 Å². The number of esters is 1. The Morgan fingerprint density at radius 1 is 0.957 bits per heavy atom. The monoisotopic (exact) mass is 317 g/mol. The van der Waals surface area contributed by atoms with Crippen molar-refractivity contribution in [2.24, 2.45) is 5.11 Å². The second-order valence-corrected chi connectivity index (χ2v) is 5.94. The predicted molar refractivity (Wildman–Crippen MR) is 92.8 cm³/mol. The van der Waals surface area contributed by atoms with E-state index in [0.29, 0.717) is 12.2 Å². The highest BCUT2D eigenvalue weighted by molar-refractivity contribution is 5.94. The molecule has 0 aliphatic heterocycles. The normalized spacial score (nSPS) is 10.5. The molecule has 1 radical (unpaired) electrons. The second kappa shape index (κ2) is 12.8. The maximum absolute atomic E-state index is 11.9. The smallest absolute Gasteiger partial charge is 0.340 e. The number of nitrogens with zero attached hydrogens (tertiary/aromatic N) is 2. The van der Waals surface area contributed by atoms with Gasteiger partial charge >= 0.3 is 5.97 Å². The van der Waals surface area contributed by atoms with E-state index in [9.17, 15) is 4.79 Å². The molecular formula is C19H29N2O2. The fourth-order valence-electron chi connectivity index (χ4n) is 2.57. The van der Waals surface area contributed by atoms with Crippen molar-refractivity contribution in [2.75, 3.05) is 6.61 Å². The Kier molecular flexibility index (Phi) is 10.8. The molecule has 0 bridgehead atoms. The van der Waals surface area contributed by atoms with E-state index in [1.54, 1.807) is 24.3 Å². The van der Waals surface area contributed by atoms with Gasteiger partial charge in [0.1, 0.15) is 5.69 Å². The second-order valence-electron chi connectivity index (χ2n) is 5.94. The van der Waals surface area contributed by atoms with Crippen LogP contribution in [0.2, 0.25) is 0 Å². The van der Waals surface area contributed by atoms with E-state index >= 15 is 0 Å². The fraction of sp³-hybridized carbons (Fsp3) is 0.632. The van der Waals surface area contributed by atoms with Crippen LogP contribution in [-0.4, -0.2) is 12.6 Å². The molecule has 0 saturated heterocycles. The van der Waals surface area contributed by atoms with Gasteiger partial charge in [0.25, 0.3) is 0 Å². The molecule has 1 aromatic rings. The molecule has 4 heteroatoms. The molecule has 0 heterocycles. The Morgan fingerprint density at radius 3 is 2.13 bits per heavy atom. The largest absolute Gasteiger partial charge is 0.462 e. The number of hydrogen-bond donors (Lipinski definition) is 0. The first-order chi connectivity index (χ1) is 11.3. The van der Waals surface area contributed by atoms with Crippen LogP contribution in [0.5, 0.6) is 0 Å². The highest BCUT2D eigenvalue weighted by atomic mass is 16.5. The Hall–Kier alpha value is -1.71. The zero-order chi connectivity index (χ0) is 16.8. The van der Waals surface area contributed by atoms with E-state index in [1.807, 2.05) is 0 Å². The third kappa shape index (κ3) is 8.48. The summed E-state index contributed by atoms with van der Waals surface area (Å²) in [4.78, 5) is 11.9. The summed E-state index contributed by atoms with van der Waals surface area (Å²) in [5.41, 5.74) is 9.40. The molecule has 0 aliphatic rings. The maximum Gasteiger partial charge on any atom is 0.340 e.